The molecular weight excluding hydrogens is 434 g/mol. The van der Waals surface area contributed by atoms with Crippen LogP contribution in [0.5, 0.6) is 0 Å². The van der Waals surface area contributed by atoms with E-state index >= 15 is 0 Å². The number of carboxylic acids is 1. The van der Waals surface area contributed by atoms with Gasteiger partial charge in [-0.25, -0.2) is 4.79 Å². The molecule has 1 aliphatic rings. The van der Waals surface area contributed by atoms with Gasteiger partial charge in [-0.15, -0.1) is 0 Å². The second-order valence-corrected chi connectivity index (χ2v) is 10.8. The third-order valence-electron chi connectivity index (χ3n) is 6.92. The van der Waals surface area contributed by atoms with Crippen LogP contribution in [0.1, 0.15) is 65.8 Å². The summed E-state index contributed by atoms with van der Waals surface area (Å²) in [6.07, 6.45) is -0.129. The van der Waals surface area contributed by atoms with Gasteiger partial charge in [-0.1, -0.05) is 60.2 Å². The maximum Gasteiger partial charge on any atom is 0.337 e. The van der Waals surface area contributed by atoms with Gasteiger partial charge >= 0.3 is 5.97 Å². The van der Waals surface area contributed by atoms with Crippen LogP contribution in [0.15, 0.2) is 54.6 Å². The molecule has 184 valence electrons. The van der Waals surface area contributed by atoms with Crippen molar-refractivity contribution in [2.24, 2.45) is 0 Å². The number of rotatable bonds is 6. The van der Waals surface area contributed by atoms with Crippen molar-refractivity contribution in [1.82, 2.24) is 4.90 Å². The molecule has 4 rings (SSSR count). The first kappa shape index (κ1) is 25.2. The lowest BCUT2D eigenvalue weighted by atomic mass is 9.80. The molecule has 0 amide bonds. The summed E-state index contributed by atoms with van der Waals surface area (Å²) in [5.41, 5.74) is 9.55. The Bertz CT molecular complexity index is 1210. The highest BCUT2D eigenvalue weighted by molar-refractivity contribution is 5.84. The van der Waals surface area contributed by atoms with E-state index in [-0.39, 0.29) is 0 Å². The number of hydrogen-bond acceptors (Lipinski definition) is 3. The van der Waals surface area contributed by atoms with Crippen molar-refractivity contribution in [3.63, 3.8) is 0 Å². The smallest absolute Gasteiger partial charge is 0.337 e. The average Bonchev–Trinajstić information content (AvgIpc) is 2.80. The second kappa shape index (κ2) is 9.96. The zero-order chi connectivity index (χ0) is 25.3. The molecular formula is C31H37NO3. The molecule has 0 spiro atoms. The molecule has 1 aliphatic heterocycles. The molecule has 0 radical (unpaired) electrons. The van der Waals surface area contributed by atoms with Crippen LogP contribution in [0.2, 0.25) is 0 Å². The zero-order valence-electron chi connectivity index (χ0n) is 21.8. The Balaban J connectivity index is 1.87. The summed E-state index contributed by atoms with van der Waals surface area (Å²) >= 11 is 0. The topological polar surface area (TPSA) is 49.8 Å². The van der Waals surface area contributed by atoms with E-state index < -0.39 is 17.7 Å². The van der Waals surface area contributed by atoms with E-state index in [1.165, 1.54) is 22.3 Å². The van der Waals surface area contributed by atoms with E-state index in [1.54, 1.807) is 0 Å². The lowest BCUT2D eigenvalue weighted by Crippen LogP contribution is -2.33. The van der Waals surface area contributed by atoms with E-state index in [0.29, 0.717) is 0 Å². The number of hydrogen-bond donors (Lipinski definition) is 1. The SMILES string of the molecule is Cc1ccc(-c2c(C)c3c(c(C)c2[C@H](OC(C)(C)C)C(=O)O)CCN(Cc2ccccc2)C3)cc1. The van der Waals surface area contributed by atoms with Crippen LogP contribution in [0.3, 0.4) is 0 Å². The van der Waals surface area contributed by atoms with Crippen LogP contribution in [0.4, 0.5) is 0 Å². The number of fused-ring (bicyclic) bond motifs is 1. The fraction of sp³-hybridized carbons (Fsp3) is 0.387. The van der Waals surface area contributed by atoms with Gasteiger partial charge in [0.25, 0.3) is 0 Å². The van der Waals surface area contributed by atoms with Gasteiger partial charge in [-0.3, -0.25) is 4.90 Å². The third-order valence-corrected chi connectivity index (χ3v) is 6.92. The highest BCUT2D eigenvalue weighted by Gasteiger charge is 2.34. The predicted octanol–water partition coefficient (Wildman–Crippen LogP) is 6.78. The standard InChI is InChI=1S/C31H37NO3/c1-20-12-14-24(15-13-20)27-22(3)26-19-32(18-23-10-8-7-9-11-23)17-16-25(26)21(2)28(27)29(30(33)34)35-31(4,5)6/h7-15,29H,16-19H2,1-6H3,(H,33,34)/t29-/m0/s1. The number of aliphatic carboxylic acids is 1. The molecule has 0 saturated carbocycles. The molecule has 0 unspecified atom stereocenters. The molecule has 4 nitrogen and oxygen atoms in total. The maximum atomic E-state index is 12.6. The van der Waals surface area contributed by atoms with Gasteiger partial charge in [-0.05, 0) is 86.9 Å². The normalized spacial score (nSPS) is 15.0. The fourth-order valence-electron chi connectivity index (χ4n) is 5.26. The van der Waals surface area contributed by atoms with Crippen molar-refractivity contribution < 1.29 is 14.6 Å². The van der Waals surface area contributed by atoms with Crippen molar-refractivity contribution in [3.05, 3.63) is 93.5 Å². The van der Waals surface area contributed by atoms with Gasteiger partial charge in [-0.2, -0.15) is 0 Å². The highest BCUT2D eigenvalue weighted by Crippen LogP contribution is 2.42. The minimum absolute atomic E-state index is 0.587. The van der Waals surface area contributed by atoms with E-state index in [2.05, 4.69) is 80.3 Å². The van der Waals surface area contributed by atoms with Gasteiger partial charge in [0.15, 0.2) is 6.10 Å². The molecule has 1 heterocycles. The summed E-state index contributed by atoms with van der Waals surface area (Å²) in [4.78, 5) is 15.1. The molecule has 0 bridgehead atoms. The predicted molar refractivity (Wildman–Crippen MR) is 142 cm³/mol. The molecule has 0 aliphatic carbocycles. The van der Waals surface area contributed by atoms with Crippen molar-refractivity contribution in [2.45, 2.75) is 72.8 Å². The van der Waals surface area contributed by atoms with Gasteiger partial charge in [0.05, 0.1) is 5.60 Å². The summed E-state index contributed by atoms with van der Waals surface area (Å²) < 4.78 is 6.19. The molecule has 3 aromatic carbocycles. The number of nitrogens with zero attached hydrogens (tertiary/aromatic N) is 1. The van der Waals surface area contributed by atoms with Crippen molar-refractivity contribution in [1.29, 1.82) is 0 Å². The first-order valence-corrected chi connectivity index (χ1v) is 12.4. The Labute approximate surface area is 209 Å². The third kappa shape index (κ3) is 5.50. The Kier molecular flexibility index (Phi) is 7.16. The Morgan fingerprint density at radius 1 is 0.971 bits per heavy atom. The molecule has 0 fully saturated rings. The maximum absolute atomic E-state index is 12.6. The molecule has 0 aromatic heterocycles. The van der Waals surface area contributed by atoms with Gasteiger partial charge < -0.3 is 9.84 Å². The monoisotopic (exact) mass is 471 g/mol. The number of benzene rings is 3. The second-order valence-electron chi connectivity index (χ2n) is 10.8. The Morgan fingerprint density at radius 3 is 2.23 bits per heavy atom. The van der Waals surface area contributed by atoms with Crippen LogP contribution in [0, 0.1) is 20.8 Å². The van der Waals surface area contributed by atoms with E-state index in [1.807, 2.05) is 20.8 Å². The summed E-state index contributed by atoms with van der Waals surface area (Å²) in [6, 6.07) is 19.0. The van der Waals surface area contributed by atoms with Crippen LogP contribution in [0.25, 0.3) is 11.1 Å². The Morgan fingerprint density at radius 2 is 1.63 bits per heavy atom. The highest BCUT2D eigenvalue weighted by atomic mass is 16.5. The van der Waals surface area contributed by atoms with Crippen LogP contribution >= 0.6 is 0 Å². The number of carbonyl (C=O) groups is 1. The summed E-state index contributed by atoms with van der Waals surface area (Å²) in [5.74, 6) is -0.947. The van der Waals surface area contributed by atoms with E-state index in [4.69, 9.17) is 4.74 Å². The molecule has 0 saturated heterocycles. The lowest BCUT2D eigenvalue weighted by molar-refractivity contribution is -0.160. The average molecular weight is 472 g/mol. The summed E-state index contributed by atoms with van der Waals surface area (Å²) in [7, 11) is 0. The lowest BCUT2D eigenvalue weighted by Gasteiger charge is -2.35. The fourth-order valence-corrected chi connectivity index (χ4v) is 5.26. The largest absolute Gasteiger partial charge is 0.479 e. The minimum atomic E-state index is -1.03. The van der Waals surface area contributed by atoms with Crippen LogP contribution in [-0.4, -0.2) is 28.1 Å². The Hall–Kier alpha value is -2.95. The van der Waals surface area contributed by atoms with E-state index in [9.17, 15) is 9.90 Å². The zero-order valence-corrected chi connectivity index (χ0v) is 21.8. The van der Waals surface area contributed by atoms with Gasteiger partial charge in [0.2, 0.25) is 0 Å². The number of carboxylic acid groups (broad SMARTS) is 1. The van der Waals surface area contributed by atoms with Crippen molar-refractivity contribution in [3.8, 4) is 11.1 Å². The van der Waals surface area contributed by atoms with Gasteiger partial charge in [0.1, 0.15) is 0 Å². The van der Waals surface area contributed by atoms with E-state index in [0.717, 1.165) is 53.9 Å². The summed E-state index contributed by atoms with van der Waals surface area (Å²) in [6.45, 7) is 14.8. The number of ether oxygens (including phenoxy) is 1. The number of aryl methyl sites for hydroxylation is 1. The molecule has 3 aromatic rings. The quantitative estimate of drug-likeness (QED) is 0.431. The van der Waals surface area contributed by atoms with Crippen molar-refractivity contribution >= 4 is 5.97 Å². The molecule has 1 N–H and O–H groups in total. The van der Waals surface area contributed by atoms with Gasteiger partial charge in [0, 0.05) is 25.2 Å². The molecule has 1 atom stereocenters. The molecule has 35 heavy (non-hydrogen) atoms. The van der Waals surface area contributed by atoms with Crippen LogP contribution in [-0.2, 0) is 29.0 Å². The van der Waals surface area contributed by atoms with Crippen molar-refractivity contribution in [2.75, 3.05) is 6.54 Å². The molecule has 4 heteroatoms. The minimum Gasteiger partial charge on any atom is -0.479 e. The first-order valence-electron chi connectivity index (χ1n) is 12.4. The van der Waals surface area contributed by atoms with Crippen LogP contribution < -0.4 is 0 Å². The first-order chi connectivity index (χ1) is 16.5. The summed E-state index contributed by atoms with van der Waals surface area (Å²) in [5, 5.41) is 10.3.